The summed E-state index contributed by atoms with van der Waals surface area (Å²) in [5.41, 5.74) is 5.78. The zero-order valence-corrected chi connectivity index (χ0v) is 6.86. The third kappa shape index (κ3) is 2.72. The summed E-state index contributed by atoms with van der Waals surface area (Å²) in [6, 6.07) is 1.97. The van der Waals surface area contributed by atoms with Crippen LogP contribution in [0.2, 0.25) is 0 Å². The quantitative estimate of drug-likeness (QED) is 0.577. The smallest absolute Gasteiger partial charge is 0.320 e. The molecule has 0 aromatic carbocycles. The molecule has 0 aliphatic rings. The lowest BCUT2D eigenvalue weighted by Gasteiger charge is -2.04. The molecule has 1 aromatic rings. The molecule has 0 fully saturated rings. The van der Waals surface area contributed by atoms with E-state index < -0.39 is 12.0 Å². The summed E-state index contributed by atoms with van der Waals surface area (Å²) >= 11 is 0. The number of carboxylic acid groups (broad SMARTS) is 1. The maximum atomic E-state index is 10.6. The van der Waals surface area contributed by atoms with Gasteiger partial charge in [-0.2, -0.15) is 0 Å². The molecule has 1 rings (SSSR count). The molecule has 13 heavy (non-hydrogen) atoms. The van der Waals surface area contributed by atoms with Gasteiger partial charge < -0.3 is 15.8 Å². The first-order chi connectivity index (χ1) is 6.09. The number of carboxylic acids is 1. The van der Waals surface area contributed by atoms with Gasteiger partial charge in [-0.1, -0.05) is 6.07 Å². The van der Waals surface area contributed by atoms with Crippen molar-refractivity contribution in [3.63, 3.8) is 0 Å². The van der Waals surface area contributed by atoms with Crippen LogP contribution in [0.4, 0.5) is 0 Å². The van der Waals surface area contributed by atoms with Crippen molar-refractivity contribution in [2.24, 2.45) is 5.73 Å². The summed E-state index contributed by atoms with van der Waals surface area (Å²) in [5.74, 6) is -1.05. The van der Waals surface area contributed by atoms with Crippen molar-refractivity contribution < 1.29 is 9.90 Å². The second kappa shape index (κ2) is 3.86. The summed E-state index contributed by atoms with van der Waals surface area (Å²) in [6.45, 7) is 0. The van der Waals surface area contributed by atoms with E-state index in [1.54, 1.807) is 6.07 Å². The Bertz CT molecular complexity index is 338. The summed E-state index contributed by atoms with van der Waals surface area (Å²) in [6.07, 6.45) is 1.68. The van der Waals surface area contributed by atoms with Crippen molar-refractivity contribution in [2.75, 3.05) is 0 Å². The molecule has 0 saturated heterocycles. The number of aliphatic carboxylic acids is 1. The second-order valence-corrected chi connectivity index (χ2v) is 2.71. The maximum absolute atomic E-state index is 10.6. The standard InChI is InChI=1S/C8H10N2O3/c9-6(8(12)13)3-5-1-2-7(11)10-4-5/h1-2,4,6H,3,9H2,(H,10,11)(H,12,13). The Hall–Kier alpha value is -1.62. The van der Waals surface area contributed by atoms with Crippen LogP contribution in [0.25, 0.3) is 0 Å². The minimum absolute atomic E-state index is 0.214. The molecule has 5 heteroatoms. The van der Waals surface area contributed by atoms with Gasteiger partial charge in [-0.25, -0.2) is 0 Å². The lowest BCUT2D eigenvalue weighted by atomic mass is 10.1. The fraction of sp³-hybridized carbons (Fsp3) is 0.250. The number of hydrogen-bond donors (Lipinski definition) is 3. The van der Waals surface area contributed by atoms with Gasteiger partial charge in [-0.3, -0.25) is 9.59 Å². The number of pyridine rings is 1. The third-order valence-electron chi connectivity index (χ3n) is 1.62. The van der Waals surface area contributed by atoms with Crippen molar-refractivity contribution in [1.82, 2.24) is 4.98 Å². The van der Waals surface area contributed by atoms with E-state index in [1.165, 1.54) is 12.3 Å². The first-order valence-corrected chi connectivity index (χ1v) is 3.75. The molecule has 1 aromatic heterocycles. The van der Waals surface area contributed by atoms with Crippen LogP contribution in [0.1, 0.15) is 5.56 Å². The number of rotatable bonds is 3. The molecule has 0 aliphatic heterocycles. The molecular formula is C8H10N2O3. The van der Waals surface area contributed by atoms with E-state index in [-0.39, 0.29) is 12.0 Å². The molecule has 1 atom stereocenters. The van der Waals surface area contributed by atoms with Gasteiger partial charge in [0, 0.05) is 12.3 Å². The van der Waals surface area contributed by atoms with E-state index in [0.29, 0.717) is 5.56 Å². The Morgan fingerprint density at radius 1 is 1.62 bits per heavy atom. The van der Waals surface area contributed by atoms with Crippen LogP contribution in [-0.2, 0) is 11.2 Å². The number of H-pyrrole nitrogens is 1. The largest absolute Gasteiger partial charge is 0.480 e. The van der Waals surface area contributed by atoms with Crippen molar-refractivity contribution in [3.05, 3.63) is 34.2 Å². The van der Waals surface area contributed by atoms with E-state index in [9.17, 15) is 9.59 Å². The van der Waals surface area contributed by atoms with E-state index >= 15 is 0 Å². The van der Waals surface area contributed by atoms with Gasteiger partial charge in [-0.05, 0) is 12.0 Å². The minimum Gasteiger partial charge on any atom is -0.480 e. The first-order valence-electron chi connectivity index (χ1n) is 3.75. The highest BCUT2D eigenvalue weighted by atomic mass is 16.4. The molecule has 0 radical (unpaired) electrons. The first kappa shape index (κ1) is 9.47. The molecule has 0 amide bonds. The molecular weight excluding hydrogens is 172 g/mol. The molecule has 0 saturated carbocycles. The van der Waals surface area contributed by atoms with E-state index in [1.807, 2.05) is 0 Å². The van der Waals surface area contributed by atoms with Gasteiger partial charge in [0.25, 0.3) is 0 Å². The zero-order valence-electron chi connectivity index (χ0n) is 6.86. The van der Waals surface area contributed by atoms with Crippen LogP contribution in [0.3, 0.4) is 0 Å². The fourth-order valence-electron chi connectivity index (χ4n) is 0.911. The van der Waals surface area contributed by atoms with Crippen LogP contribution >= 0.6 is 0 Å². The second-order valence-electron chi connectivity index (χ2n) is 2.71. The Kier molecular flexibility index (Phi) is 2.81. The van der Waals surface area contributed by atoms with Crippen LogP contribution in [-0.4, -0.2) is 22.1 Å². The van der Waals surface area contributed by atoms with Gasteiger partial charge in [0.2, 0.25) is 5.56 Å². The van der Waals surface area contributed by atoms with Crippen LogP contribution in [0.15, 0.2) is 23.1 Å². The number of nitrogens with two attached hydrogens (primary N) is 1. The fourth-order valence-corrected chi connectivity index (χ4v) is 0.911. The SMILES string of the molecule is NC(Cc1ccc(=O)[nH]c1)C(=O)O. The lowest BCUT2D eigenvalue weighted by molar-refractivity contribution is -0.138. The van der Waals surface area contributed by atoms with Gasteiger partial charge in [0.05, 0.1) is 0 Å². The summed E-state index contributed by atoms with van der Waals surface area (Å²) in [4.78, 5) is 23.5. The molecule has 5 nitrogen and oxygen atoms in total. The van der Waals surface area contributed by atoms with Crippen molar-refractivity contribution in [2.45, 2.75) is 12.5 Å². The van der Waals surface area contributed by atoms with Gasteiger partial charge in [-0.15, -0.1) is 0 Å². The Labute approximate surface area is 74.2 Å². The lowest BCUT2D eigenvalue weighted by Crippen LogP contribution is -2.32. The van der Waals surface area contributed by atoms with Crippen molar-refractivity contribution in [3.8, 4) is 0 Å². The summed E-state index contributed by atoms with van der Waals surface area (Å²) < 4.78 is 0. The molecule has 0 aliphatic carbocycles. The zero-order chi connectivity index (χ0) is 9.84. The molecule has 0 bridgehead atoms. The number of nitrogens with one attached hydrogen (secondary N) is 1. The van der Waals surface area contributed by atoms with E-state index in [0.717, 1.165) is 0 Å². The highest BCUT2D eigenvalue weighted by Gasteiger charge is 2.11. The van der Waals surface area contributed by atoms with Crippen molar-refractivity contribution >= 4 is 5.97 Å². The van der Waals surface area contributed by atoms with Gasteiger partial charge in [0.15, 0.2) is 0 Å². The Morgan fingerprint density at radius 2 is 2.31 bits per heavy atom. The summed E-state index contributed by atoms with van der Waals surface area (Å²) in [5, 5.41) is 8.50. The van der Waals surface area contributed by atoms with E-state index in [2.05, 4.69) is 4.98 Å². The van der Waals surface area contributed by atoms with Crippen LogP contribution < -0.4 is 11.3 Å². The number of aromatic nitrogens is 1. The Morgan fingerprint density at radius 3 is 2.77 bits per heavy atom. The normalized spacial score (nSPS) is 12.4. The maximum Gasteiger partial charge on any atom is 0.320 e. The highest BCUT2D eigenvalue weighted by molar-refractivity contribution is 5.73. The van der Waals surface area contributed by atoms with Gasteiger partial charge >= 0.3 is 5.97 Å². The molecule has 4 N–H and O–H groups in total. The monoisotopic (exact) mass is 182 g/mol. The average molecular weight is 182 g/mol. The highest BCUT2D eigenvalue weighted by Crippen LogP contribution is 1.97. The predicted molar refractivity (Wildman–Crippen MR) is 46.4 cm³/mol. The third-order valence-corrected chi connectivity index (χ3v) is 1.62. The molecule has 1 unspecified atom stereocenters. The molecule has 0 spiro atoms. The number of hydrogen-bond acceptors (Lipinski definition) is 3. The predicted octanol–water partition coefficient (Wildman–Crippen LogP) is -0.671. The number of aromatic amines is 1. The van der Waals surface area contributed by atoms with Crippen LogP contribution in [0.5, 0.6) is 0 Å². The molecule has 1 heterocycles. The molecule has 70 valence electrons. The minimum atomic E-state index is -1.05. The van der Waals surface area contributed by atoms with Crippen molar-refractivity contribution in [1.29, 1.82) is 0 Å². The average Bonchev–Trinajstić information content (AvgIpc) is 2.08. The van der Waals surface area contributed by atoms with E-state index in [4.69, 9.17) is 10.8 Å². The summed E-state index contributed by atoms with van der Waals surface area (Å²) in [7, 11) is 0. The number of carbonyl (C=O) groups is 1. The van der Waals surface area contributed by atoms with Gasteiger partial charge in [0.1, 0.15) is 6.04 Å². The van der Waals surface area contributed by atoms with Crippen LogP contribution in [0, 0.1) is 0 Å². The Balaban J connectivity index is 2.70. The topological polar surface area (TPSA) is 96.2 Å².